The van der Waals surface area contributed by atoms with Gasteiger partial charge in [-0.1, -0.05) is 48.5 Å². The fourth-order valence-corrected chi connectivity index (χ4v) is 3.15. The average Bonchev–Trinajstić information content (AvgIpc) is 3.38. The van der Waals surface area contributed by atoms with Crippen LogP contribution in [0.5, 0.6) is 0 Å². The minimum Gasteiger partial charge on any atom is -0.474 e. The minimum atomic E-state index is -0.00718. The lowest BCUT2D eigenvalue weighted by molar-refractivity contribution is -0.118. The maximum Gasteiger partial charge on any atom is 0.246 e. The van der Waals surface area contributed by atoms with E-state index >= 15 is 0 Å². The molecule has 2 aromatic carbocycles. The van der Waals surface area contributed by atoms with Crippen LogP contribution in [0.25, 0.3) is 0 Å². The van der Waals surface area contributed by atoms with E-state index in [0.29, 0.717) is 12.5 Å². The Hall–Kier alpha value is -3.34. The molecule has 0 fully saturated rings. The summed E-state index contributed by atoms with van der Waals surface area (Å²) in [6, 6.07) is 23.6. The maximum atomic E-state index is 12.7. The lowest BCUT2D eigenvalue weighted by Crippen LogP contribution is -2.30. The maximum absolute atomic E-state index is 12.7. The van der Waals surface area contributed by atoms with E-state index in [4.69, 9.17) is 9.73 Å². The molecule has 3 aromatic rings. The summed E-state index contributed by atoms with van der Waals surface area (Å²) in [4.78, 5) is 19.1. The van der Waals surface area contributed by atoms with Gasteiger partial charge in [-0.3, -0.25) is 4.79 Å². The van der Waals surface area contributed by atoms with Gasteiger partial charge in [0.2, 0.25) is 11.8 Å². The highest BCUT2D eigenvalue weighted by molar-refractivity contribution is 5.96. The van der Waals surface area contributed by atoms with Crippen LogP contribution < -0.4 is 4.90 Å². The highest BCUT2D eigenvalue weighted by atomic mass is 16.5. The number of para-hydroxylation sites is 1. The predicted octanol–water partition coefficient (Wildman–Crippen LogP) is 3.67. The average molecular weight is 359 g/mol. The second kappa shape index (κ2) is 7.50. The van der Waals surface area contributed by atoms with Crippen LogP contribution in [0, 0.1) is 0 Å². The lowest BCUT2D eigenvalue weighted by atomic mass is 10.1. The van der Waals surface area contributed by atoms with Crippen LogP contribution in [0.2, 0.25) is 0 Å². The minimum absolute atomic E-state index is 0.00291. The van der Waals surface area contributed by atoms with Gasteiger partial charge in [0.15, 0.2) is 0 Å². The lowest BCUT2D eigenvalue weighted by Gasteiger charge is -2.18. The highest BCUT2D eigenvalue weighted by Crippen LogP contribution is 2.25. The number of aromatic nitrogens is 1. The summed E-state index contributed by atoms with van der Waals surface area (Å²) in [6.07, 6.45) is 1.88. The first-order chi connectivity index (χ1) is 13.2. The Morgan fingerprint density at radius 1 is 1.07 bits per heavy atom. The number of amides is 1. The molecule has 5 nitrogen and oxygen atoms in total. The van der Waals surface area contributed by atoms with E-state index in [1.54, 1.807) is 11.9 Å². The topological polar surface area (TPSA) is 46.8 Å². The van der Waals surface area contributed by atoms with Gasteiger partial charge in [0.25, 0.3) is 0 Å². The van der Waals surface area contributed by atoms with E-state index in [-0.39, 0.29) is 18.5 Å². The summed E-state index contributed by atoms with van der Waals surface area (Å²) in [5, 5.41) is 0. The predicted molar refractivity (Wildman–Crippen MR) is 106 cm³/mol. The Morgan fingerprint density at radius 2 is 1.78 bits per heavy atom. The highest BCUT2D eigenvalue weighted by Gasteiger charge is 2.24. The van der Waals surface area contributed by atoms with E-state index < -0.39 is 0 Å². The van der Waals surface area contributed by atoms with E-state index in [9.17, 15) is 4.79 Å². The fourth-order valence-electron chi connectivity index (χ4n) is 3.15. The molecular formula is C22H21N3O2. The number of hydrogen-bond donors (Lipinski definition) is 0. The van der Waals surface area contributed by atoms with Crippen LogP contribution in [0.4, 0.5) is 5.69 Å². The number of carbonyl (C=O) groups excluding carboxylic acids is 1. The normalized spacial score (nSPS) is 15.9. The molecule has 0 spiro atoms. The van der Waals surface area contributed by atoms with Gasteiger partial charge in [0.05, 0.1) is 0 Å². The third-order valence-corrected chi connectivity index (χ3v) is 4.71. The van der Waals surface area contributed by atoms with Gasteiger partial charge in [-0.25, -0.2) is 4.99 Å². The molecule has 2 heterocycles. The number of likely N-dealkylation sites (N-methyl/N-ethyl adjacent to an activating group) is 1. The van der Waals surface area contributed by atoms with Crippen molar-refractivity contribution in [1.29, 1.82) is 0 Å². The molecule has 0 unspecified atom stereocenters. The molecule has 0 radical (unpaired) electrons. The van der Waals surface area contributed by atoms with Gasteiger partial charge in [-0.15, -0.1) is 0 Å². The third-order valence-electron chi connectivity index (χ3n) is 4.71. The van der Waals surface area contributed by atoms with Crippen molar-refractivity contribution in [2.24, 2.45) is 4.99 Å². The monoisotopic (exact) mass is 359 g/mol. The van der Waals surface area contributed by atoms with Gasteiger partial charge >= 0.3 is 0 Å². The standard InChI is InChI=1S/C22H21N3O2/c1-24(18-11-6-3-7-12-18)21(26)15-25-14-8-13-20(25)22-23-19(16-27-22)17-9-4-2-5-10-17/h2-14,19H,15-16H2,1H3/t19-/m1/s1. The number of benzene rings is 2. The van der Waals surface area contributed by atoms with Crippen LogP contribution in [0.15, 0.2) is 84.0 Å². The first kappa shape index (κ1) is 17.1. The summed E-state index contributed by atoms with van der Waals surface area (Å²) in [5.74, 6) is 0.584. The van der Waals surface area contributed by atoms with Crippen LogP contribution in [-0.4, -0.2) is 30.0 Å². The van der Waals surface area contributed by atoms with Crippen molar-refractivity contribution in [3.05, 3.63) is 90.3 Å². The number of anilines is 1. The summed E-state index contributed by atoms with van der Waals surface area (Å²) >= 11 is 0. The van der Waals surface area contributed by atoms with E-state index in [0.717, 1.165) is 16.9 Å². The van der Waals surface area contributed by atoms with Gasteiger partial charge in [0.1, 0.15) is 24.9 Å². The molecule has 0 saturated heterocycles. The number of carbonyl (C=O) groups is 1. The molecule has 0 aliphatic carbocycles. The molecule has 27 heavy (non-hydrogen) atoms. The van der Waals surface area contributed by atoms with Gasteiger partial charge in [-0.05, 0) is 29.8 Å². The molecule has 0 N–H and O–H groups in total. The largest absolute Gasteiger partial charge is 0.474 e. The van der Waals surface area contributed by atoms with Gasteiger partial charge in [0, 0.05) is 18.9 Å². The van der Waals surface area contributed by atoms with E-state index in [1.165, 1.54) is 0 Å². The summed E-state index contributed by atoms with van der Waals surface area (Å²) in [7, 11) is 1.79. The van der Waals surface area contributed by atoms with Crippen LogP contribution in [-0.2, 0) is 16.1 Å². The Balaban J connectivity index is 1.51. The zero-order chi connectivity index (χ0) is 18.6. The first-order valence-electron chi connectivity index (χ1n) is 8.95. The Labute approximate surface area is 158 Å². The van der Waals surface area contributed by atoms with Crippen molar-refractivity contribution in [2.45, 2.75) is 12.6 Å². The Bertz CT molecular complexity index is 948. The summed E-state index contributed by atoms with van der Waals surface area (Å²) < 4.78 is 7.72. The van der Waals surface area contributed by atoms with E-state index in [2.05, 4.69) is 12.1 Å². The first-order valence-corrected chi connectivity index (χ1v) is 8.95. The molecule has 5 heteroatoms. The molecular weight excluding hydrogens is 338 g/mol. The second-order valence-corrected chi connectivity index (χ2v) is 6.48. The van der Waals surface area contributed by atoms with Gasteiger partial charge in [-0.2, -0.15) is 0 Å². The number of nitrogens with zero attached hydrogens (tertiary/aromatic N) is 3. The summed E-state index contributed by atoms with van der Waals surface area (Å²) in [6.45, 7) is 0.745. The molecule has 4 rings (SSSR count). The smallest absolute Gasteiger partial charge is 0.246 e. The van der Waals surface area contributed by atoms with Gasteiger partial charge < -0.3 is 14.2 Å². The van der Waals surface area contributed by atoms with E-state index in [1.807, 2.05) is 71.4 Å². The van der Waals surface area contributed by atoms with Crippen molar-refractivity contribution in [2.75, 3.05) is 18.6 Å². The molecule has 0 bridgehead atoms. The van der Waals surface area contributed by atoms with Crippen molar-refractivity contribution < 1.29 is 9.53 Å². The molecule has 0 saturated carbocycles. The van der Waals surface area contributed by atoms with Crippen LogP contribution >= 0.6 is 0 Å². The second-order valence-electron chi connectivity index (χ2n) is 6.48. The molecule has 1 aliphatic heterocycles. The van der Waals surface area contributed by atoms with Crippen molar-refractivity contribution in [3.8, 4) is 0 Å². The van der Waals surface area contributed by atoms with Crippen LogP contribution in [0.1, 0.15) is 17.3 Å². The molecule has 1 aromatic heterocycles. The Morgan fingerprint density at radius 3 is 2.52 bits per heavy atom. The van der Waals surface area contributed by atoms with Crippen molar-refractivity contribution in [3.63, 3.8) is 0 Å². The number of rotatable bonds is 5. The Kier molecular flexibility index (Phi) is 4.75. The number of aliphatic imine (C=N–C) groups is 1. The third kappa shape index (κ3) is 3.62. The summed E-state index contributed by atoms with van der Waals surface area (Å²) in [5.41, 5.74) is 2.82. The zero-order valence-electron chi connectivity index (χ0n) is 15.2. The molecule has 1 aliphatic rings. The van der Waals surface area contributed by atoms with Crippen LogP contribution in [0.3, 0.4) is 0 Å². The van der Waals surface area contributed by atoms with Crippen molar-refractivity contribution >= 4 is 17.5 Å². The number of hydrogen-bond acceptors (Lipinski definition) is 3. The quantitative estimate of drug-likeness (QED) is 0.698. The zero-order valence-corrected chi connectivity index (χ0v) is 15.2. The molecule has 1 amide bonds. The number of ether oxygens (including phenoxy) is 1. The fraction of sp³-hybridized carbons (Fsp3) is 0.182. The molecule has 1 atom stereocenters. The molecule has 136 valence electrons. The van der Waals surface area contributed by atoms with Crippen molar-refractivity contribution in [1.82, 2.24) is 4.57 Å². The SMILES string of the molecule is CN(C(=O)Cn1cccc1C1=N[C@@H](c2ccccc2)CO1)c1ccccc1.